The van der Waals surface area contributed by atoms with Crippen LogP contribution in [0.1, 0.15) is 56.7 Å². The van der Waals surface area contributed by atoms with Gasteiger partial charge in [0.1, 0.15) is 11.8 Å². The number of alkyl halides is 3. The van der Waals surface area contributed by atoms with E-state index in [0.717, 1.165) is 37.4 Å². The molecule has 3 N–H and O–H groups in total. The van der Waals surface area contributed by atoms with Crippen LogP contribution in [0.5, 0.6) is 0 Å². The second-order valence-corrected chi connectivity index (χ2v) is 13.2. The van der Waals surface area contributed by atoms with Gasteiger partial charge in [0.05, 0.1) is 10.5 Å². The Morgan fingerprint density at radius 3 is 2.50 bits per heavy atom. The van der Waals surface area contributed by atoms with Crippen LogP contribution in [0, 0.1) is 5.92 Å². The van der Waals surface area contributed by atoms with Crippen molar-refractivity contribution in [2.75, 3.05) is 31.5 Å². The maximum absolute atomic E-state index is 14.5. The molecular formula is C29H35F3N6O3S. The molecule has 13 heteroatoms. The van der Waals surface area contributed by atoms with Crippen LogP contribution < -0.4 is 16.0 Å². The summed E-state index contributed by atoms with van der Waals surface area (Å²) in [6, 6.07) is 8.51. The SMILES string of the molecule is CC(OC1=NC(Nc2ccc(S(=O)(=O)N3CCCC3)cc2)(c2ncccc2C(F)(F)F)C2=C(CCNCC2)N1)C1CC1. The molecule has 4 aliphatic rings. The zero-order valence-corrected chi connectivity index (χ0v) is 24.2. The lowest BCUT2D eigenvalue weighted by Gasteiger charge is -2.40. The normalized spacial score (nSPS) is 24.3. The molecule has 2 fully saturated rings. The molecule has 2 unspecified atom stereocenters. The van der Waals surface area contributed by atoms with Crippen molar-refractivity contribution in [3.05, 3.63) is 65.1 Å². The molecule has 0 amide bonds. The molecule has 42 heavy (non-hydrogen) atoms. The minimum absolute atomic E-state index is 0.132. The summed E-state index contributed by atoms with van der Waals surface area (Å²) in [5.74, 6) is 0.369. The third-order valence-corrected chi connectivity index (χ3v) is 10.3. The molecule has 226 valence electrons. The number of aliphatic imine (C=N–C) groups is 1. The van der Waals surface area contributed by atoms with E-state index in [0.29, 0.717) is 56.2 Å². The second-order valence-electron chi connectivity index (χ2n) is 11.3. The quantitative estimate of drug-likeness (QED) is 0.425. The topological polar surface area (TPSA) is 108 Å². The highest BCUT2D eigenvalue weighted by Crippen LogP contribution is 2.46. The van der Waals surface area contributed by atoms with E-state index in [1.807, 2.05) is 6.92 Å². The van der Waals surface area contributed by atoms with Gasteiger partial charge in [-0.2, -0.15) is 22.5 Å². The summed E-state index contributed by atoms with van der Waals surface area (Å²) in [6.45, 7) is 4.05. The molecule has 2 atom stereocenters. The fourth-order valence-corrected chi connectivity index (χ4v) is 7.46. The minimum Gasteiger partial charge on any atom is -0.462 e. The third kappa shape index (κ3) is 5.61. The van der Waals surface area contributed by atoms with Crippen molar-refractivity contribution in [3.63, 3.8) is 0 Å². The first-order valence-electron chi connectivity index (χ1n) is 14.5. The van der Waals surface area contributed by atoms with Crippen LogP contribution >= 0.6 is 0 Å². The Balaban J connectivity index is 1.47. The number of hydrogen-bond acceptors (Lipinski definition) is 8. The van der Waals surface area contributed by atoms with Gasteiger partial charge in [0.2, 0.25) is 15.7 Å². The number of nitrogens with zero attached hydrogens (tertiary/aromatic N) is 3. The Labute approximate surface area is 243 Å². The Kier molecular flexibility index (Phi) is 7.69. The summed E-state index contributed by atoms with van der Waals surface area (Å²) in [5, 5.41) is 9.87. The first-order chi connectivity index (χ1) is 20.1. The summed E-state index contributed by atoms with van der Waals surface area (Å²) < 4.78 is 77.4. The number of benzene rings is 1. The average molecular weight is 605 g/mol. The average Bonchev–Trinajstić information content (AvgIpc) is 3.72. The van der Waals surface area contributed by atoms with Gasteiger partial charge in [-0.05, 0) is 87.9 Å². The van der Waals surface area contributed by atoms with E-state index in [2.05, 4.69) is 20.9 Å². The summed E-state index contributed by atoms with van der Waals surface area (Å²) in [4.78, 5) is 9.29. The van der Waals surface area contributed by atoms with E-state index >= 15 is 0 Å². The first-order valence-corrected chi connectivity index (χ1v) is 15.9. The molecule has 1 saturated carbocycles. The summed E-state index contributed by atoms with van der Waals surface area (Å²) in [7, 11) is -3.66. The lowest BCUT2D eigenvalue weighted by Crippen LogP contribution is -2.47. The van der Waals surface area contributed by atoms with Gasteiger partial charge in [-0.3, -0.25) is 4.98 Å². The van der Waals surface area contributed by atoms with E-state index in [4.69, 9.17) is 9.73 Å². The molecule has 6 rings (SSSR count). The fourth-order valence-electron chi connectivity index (χ4n) is 5.94. The molecular weight excluding hydrogens is 569 g/mol. The van der Waals surface area contributed by atoms with Crippen LogP contribution in [0.2, 0.25) is 0 Å². The minimum atomic E-state index is -4.70. The van der Waals surface area contributed by atoms with E-state index in [1.165, 1.54) is 28.7 Å². The molecule has 1 aliphatic carbocycles. The Morgan fingerprint density at radius 2 is 1.81 bits per heavy atom. The number of sulfonamides is 1. The molecule has 1 saturated heterocycles. The van der Waals surface area contributed by atoms with Crippen molar-refractivity contribution < 1.29 is 26.3 Å². The third-order valence-electron chi connectivity index (χ3n) is 8.35. The summed E-state index contributed by atoms with van der Waals surface area (Å²) in [5.41, 5.74) is -1.20. The van der Waals surface area contributed by atoms with Crippen LogP contribution in [0.3, 0.4) is 0 Å². The molecule has 2 aromatic rings. The number of rotatable bonds is 7. The molecule has 4 heterocycles. The lowest BCUT2D eigenvalue weighted by molar-refractivity contribution is -0.139. The number of anilines is 1. The van der Waals surface area contributed by atoms with Gasteiger partial charge in [0, 0.05) is 49.2 Å². The van der Waals surface area contributed by atoms with Crippen molar-refractivity contribution in [1.29, 1.82) is 0 Å². The number of pyridine rings is 1. The zero-order chi connectivity index (χ0) is 29.5. The highest BCUT2D eigenvalue weighted by atomic mass is 32.2. The molecule has 0 spiro atoms. The smallest absolute Gasteiger partial charge is 0.418 e. The molecule has 0 bridgehead atoms. The van der Waals surface area contributed by atoms with Gasteiger partial charge in [-0.1, -0.05) is 0 Å². The van der Waals surface area contributed by atoms with Gasteiger partial charge in [0.15, 0.2) is 0 Å². The number of halogens is 3. The second kappa shape index (κ2) is 11.2. The summed E-state index contributed by atoms with van der Waals surface area (Å²) >= 11 is 0. The van der Waals surface area contributed by atoms with Crippen LogP contribution in [0.25, 0.3) is 0 Å². The van der Waals surface area contributed by atoms with Crippen molar-refractivity contribution in [2.24, 2.45) is 10.9 Å². The summed E-state index contributed by atoms with van der Waals surface area (Å²) in [6.07, 6.45) is 1.09. The van der Waals surface area contributed by atoms with Crippen molar-refractivity contribution in [1.82, 2.24) is 19.9 Å². The molecule has 9 nitrogen and oxygen atoms in total. The highest BCUT2D eigenvalue weighted by molar-refractivity contribution is 7.89. The van der Waals surface area contributed by atoms with Crippen molar-refractivity contribution in [3.8, 4) is 0 Å². The number of aromatic nitrogens is 1. The van der Waals surface area contributed by atoms with E-state index in [-0.39, 0.29) is 22.7 Å². The van der Waals surface area contributed by atoms with Crippen molar-refractivity contribution in [2.45, 2.75) is 68.3 Å². The van der Waals surface area contributed by atoms with Crippen LogP contribution in [-0.2, 0) is 26.6 Å². The first kappa shape index (κ1) is 28.9. The van der Waals surface area contributed by atoms with Gasteiger partial charge in [0.25, 0.3) is 6.02 Å². The Hall–Kier alpha value is -3.16. The number of hydrogen-bond donors (Lipinski definition) is 3. The maximum atomic E-state index is 14.5. The molecule has 1 aromatic heterocycles. The van der Waals surface area contributed by atoms with E-state index in [1.54, 1.807) is 12.1 Å². The van der Waals surface area contributed by atoms with E-state index < -0.39 is 27.4 Å². The Bertz CT molecular complexity index is 1480. The van der Waals surface area contributed by atoms with Gasteiger partial charge in [-0.15, -0.1) is 0 Å². The standard InChI is InChI=1S/C29H35F3N6O3S/c1-19(20-6-7-20)41-27-35-25-13-16-33-15-12-23(25)28(37-27,26-24(29(30,31)32)5-4-14-34-26)36-21-8-10-22(11-9-21)42(39,40)38-17-2-3-18-38/h4-5,8-11,14,19-20,33,36H,2-3,6-7,12-13,15-18H2,1H3,(H,35,37). The predicted molar refractivity (Wildman–Crippen MR) is 152 cm³/mol. The van der Waals surface area contributed by atoms with Crippen LogP contribution in [0.15, 0.2) is 63.8 Å². The van der Waals surface area contributed by atoms with E-state index in [9.17, 15) is 21.6 Å². The maximum Gasteiger partial charge on any atom is 0.418 e. The predicted octanol–water partition coefficient (Wildman–Crippen LogP) is 4.56. The van der Waals surface area contributed by atoms with Gasteiger partial charge < -0.3 is 20.7 Å². The lowest BCUT2D eigenvalue weighted by atomic mass is 9.86. The zero-order valence-electron chi connectivity index (χ0n) is 23.4. The largest absolute Gasteiger partial charge is 0.462 e. The highest BCUT2D eigenvalue weighted by Gasteiger charge is 2.49. The van der Waals surface area contributed by atoms with Gasteiger partial charge in [-0.25, -0.2) is 8.42 Å². The van der Waals surface area contributed by atoms with Crippen molar-refractivity contribution >= 4 is 21.7 Å². The van der Waals surface area contributed by atoms with Gasteiger partial charge >= 0.3 is 6.18 Å². The number of ether oxygens (including phenoxy) is 1. The fraction of sp³-hybridized carbons (Fsp3) is 0.517. The van der Waals surface area contributed by atoms with Crippen LogP contribution in [-0.4, -0.2) is 56.0 Å². The molecule has 0 radical (unpaired) electrons. The monoisotopic (exact) mass is 604 g/mol. The van der Waals surface area contributed by atoms with Crippen LogP contribution in [0.4, 0.5) is 18.9 Å². The molecule has 3 aliphatic heterocycles. The Morgan fingerprint density at radius 1 is 1.10 bits per heavy atom. The number of amidine groups is 1. The molecule has 1 aromatic carbocycles. The number of nitrogens with one attached hydrogen (secondary N) is 3.